The van der Waals surface area contributed by atoms with E-state index in [-0.39, 0.29) is 12.0 Å². The van der Waals surface area contributed by atoms with Crippen LogP contribution in [0.15, 0.2) is 30.5 Å². The van der Waals surface area contributed by atoms with E-state index in [9.17, 15) is 4.79 Å². The maximum absolute atomic E-state index is 13.4. The van der Waals surface area contributed by atoms with Gasteiger partial charge in [0.1, 0.15) is 5.69 Å². The lowest BCUT2D eigenvalue weighted by atomic mass is 10.0. The highest BCUT2D eigenvalue weighted by Gasteiger charge is 2.29. The molecule has 1 atom stereocenters. The van der Waals surface area contributed by atoms with Gasteiger partial charge in [-0.2, -0.15) is 5.10 Å². The molecule has 0 saturated carbocycles. The molecular formula is C21H26N4O2S. The van der Waals surface area contributed by atoms with Crippen molar-refractivity contribution in [1.82, 2.24) is 14.8 Å². The summed E-state index contributed by atoms with van der Waals surface area (Å²) in [5, 5.41) is 4.99. The van der Waals surface area contributed by atoms with Gasteiger partial charge in [0.15, 0.2) is 5.13 Å². The number of para-hydroxylation sites is 1. The smallest absolute Gasteiger partial charge is 0.278 e. The van der Waals surface area contributed by atoms with Crippen LogP contribution in [0.4, 0.5) is 5.13 Å². The van der Waals surface area contributed by atoms with Gasteiger partial charge in [-0.3, -0.25) is 14.4 Å². The summed E-state index contributed by atoms with van der Waals surface area (Å²) in [6, 6.07) is 8.04. The van der Waals surface area contributed by atoms with Crippen LogP contribution in [-0.2, 0) is 11.3 Å². The molecule has 7 heteroatoms. The molecule has 1 aliphatic heterocycles. The van der Waals surface area contributed by atoms with E-state index < -0.39 is 0 Å². The number of hydrogen-bond acceptors (Lipinski definition) is 5. The van der Waals surface area contributed by atoms with Crippen molar-refractivity contribution in [3.05, 3.63) is 41.7 Å². The van der Waals surface area contributed by atoms with Crippen molar-refractivity contribution in [3.8, 4) is 0 Å². The molecule has 1 amide bonds. The lowest BCUT2D eigenvalue weighted by Gasteiger charge is -2.23. The highest BCUT2D eigenvalue weighted by molar-refractivity contribution is 7.22. The molecule has 1 aliphatic rings. The molecule has 1 saturated heterocycles. The molecule has 0 spiro atoms. The van der Waals surface area contributed by atoms with Gasteiger partial charge in [-0.25, -0.2) is 4.98 Å². The molecule has 28 heavy (non-hydrogen) atoms. The van der Waals surface area contributed by atoms with Crippen LogP contribution in [0.2, 0.25) is 0 Å². The Hall–Kier alpha value is -2.25. The van der Waals surface area contributed by atoms with Crippen LogP contribution in [0.1, 0.15) is 55.6 Å². The minimum absolute atomic E-state index is 0.0542. The van der Waals surface area contributed by atoms with E-state index >= 15 is 0 Å². The fraction of sp³-hybridized carbons (Fsp3) is 0.476. The van der Waals surface area contributed by atoms with Gasteiger partial charge in [-0.1, -0.05) is 37.3 Å². The molecule has 1 unspecified atom stereocenters. The Morgan fingerprint density at radius 2 is 2.25 bits per heavy atom. The lowest BCUT2D eigenvalue weighted by molar-refractivity contribution is 0.0908. The molecule has 3 heterocycles. The van der Waals surface area contributed by atoms with E-state index in [4.69, 9.17) is 9.72 Å². The van der Waals surface area contributed by atoms with Crippen LogP contribution in [0.5, 0.6) is 0 Å². The largest absolute Gasteiger partial charge is 0.376 e. The van der Waals surface area contributed by atoms with Gasteiger partial charge in [-0.15, -0.1) is 0 Å². The Balaban J connectivity index is 1.75. The molecule has 3 aromatic rings. The fourth-order valence-electron chi connectivity index (χ4n) is 3.68. The van der Waals surface area contributed by atoms with Crippen molar-refractivity contribution in [2.24, 2.45) is 0 Å². The van der Waals surface area contributed by atoms with Gasteiger partial charge in [0, 0.05) is 19.3 Å². The second-order valence-corrected chi connectivity index (χ2v) is 8.44. The van der Waals surface area contributed by atoms with Gasteiger partial charge < -0.3 is 4.74 Å². The average molecular weight is 399 g/mol. The van der Waals surface area contributed by atoms with Crippen molar-refractivity contribution < 1.29 is 9.53 Å². The van der Waals surface area contributed by atoms with E-state index in [1.165, 1.54) is 5.56 Å². The molecule has 0 radical (unpaired) electrons. The zero-order valence-corrected chi connectivity index (χ0v) is 17.4. The Morgan fingerprint density at radius 3 is 2.96 bits per heavy atom. The Labute approximate surface area is 169 Å². The van der Waals surface area contributed by atoms with Crippen molar-refractivity contribution in [1.29, 1.82) is 0 Å². The summed E-state index contributed by atoms with van der Waals surface area (Å²) >= 11 is 1.57. The van der Waals surface area contributed by atoms with Crippen LogP contribution in [0.3, 0.4) is 0 Å². The minimum atomic E-state index is -0.0694. The maximum atomic E-state index is 13.4. The number of thiazole rings is 1. The Bertz CT molecular complexity index is 972. The summed E-state index contributed by atoms with van der Waals surface area (Å²) < 4.78 is 8.67. The standard InChI is InChI=1S/C21H26N4O2S/c1-4-25-17(10-11-22-25)20(26)24(13-15-7-6-12-27-15)21-23-19-16(14(2)3)8-5-9-18(19)28-21/h5,8-11,14-15H,4,6-7,12-13H2,1-3H3. The first kappa shape index (κ1) is 19.1. The predicted octanol–water partition coefficient (Wildman–Crippen LogP) is 4.46. The average Bonchev–Trinajstić information content (AvgIpc) is 3.44. The number of anilines is 1. The number of nitrogens with zero attached hydrogens (tertiary/aromatic N) is 4. The number of carbonyl (C=O) groups excluding carboxylic acids is 1. The molecule has 0 aliphatic carbocycles. The third kappa shape index (κ3) is 3.56. The SMILES string of the molecule is CCn1nccc1C(=O)N(CC1CCCO1)c1nc2c(C(C)C)cccc2s1. The lowest BCUT2D eigenvalue weighted by Crippen LogP contribution is -2.38. The minimum Gasteiger partial charge on any atom is -0.376 e. The quantitative estimate of drug-likeness (QED) is 0.615. The van der Waals surface area contributed by atoms with Gasteiger partial charge in [0.2, 0.25) is 0 Å². The van der Waals surface area contributed by atoms with Gasteiger partial charge >= 0.3 is 0 Å². The Morgan fingerprint density at radius 1 is 1.39 bits per heavy atom. The second-order valence-electron chi connectivity index (χ2n) is 7.43. The van der Waals surface area contributed by atoms with Gasteiger partial charge in [0.05, 0.1) is 22.9 Å². The van der Waals surface area contributed by atoms with Crippen LogP contribution in [-0.4, -0.2) is 39.9 Å². The summed E-state index contributed by atoms with van der Waals surface area (Å²) in [6.07, 6.45) is 3.74. The number of hydrogen-bond donors (Lipinski definition) is 0. The molecule has 0 bridgehead atoms. The molecule has 148 valence electrons. The van der Waals surface area contributed by atoms with Crippen molar-refractivity contribution in [3.63, 3.8) is 0 Å². The summed E-state index contributed by atoms with van der Waals surface area (Å²) in [4.78, 5) is 20.1. The first-order valence-corrected chi connectivity index (χ1v) is 10.7. The molecule has 6 nitrogen and oxygen atoms in total. The van der Waals surface area contributed by atoms with Crippen molar-refractivity contribution in [2.45, 2.75) is 52.2 Å². The number of aromatic nitrogens is 3. The fourth-order valence-corrected chi connectivity index (χ4v) is 4.69. The second kappa shape index (κ2) is 8.01. The summed E-state index contributed by atoms with van der Waals surface area (Å²) in [5.74, 6) is 0.308. The molecule has 1 aromatic carbocycles. The number of fused-ring (bicyclic) bond motifs is 1. The number of amides is 1. The Kier molecular flexibility index (Phi) is 5.46. The highest BCUT2D eigenvalue weighted by atomic mass is 32.1. The van der Waals surface area contributed by atoms with Crippen LogP contribution >= 0.6 is 11.3 Å². The summed E-state index contributed by atoms with van der Waals surface area (Å²) in [6.45, 7) is 8.26. The van der Waals surface area contributed by atoms with Crippen LogP contribution < -0.4 is 4.90 Å². The third-order valence-electron chi connectivity index (χ3n) is 5.18. The van der Waals surface area contributed by atoms with Gasteiger partial charge in [0.25, 0.3) is 5.91 Å². The molecule has 4 rings (SSSR count). The van der Waals surface area contributed by atoms with E-state index in [1.54, 1.807) is 33.2 Å². The number of aryl methyl sites for hydroxylation is 1. The van der Waals surface area contributed by atoms with Crippen LogP contribution in [0.25, 0.3) is 10.2 Å². The predicted molar refractivity (Wildman–Crippen MR) is 112 cm³/mol. The molecule has 0 N–H and O–H groups in total. The highest BCUT2D eigenvalue weighted by Crippen LogP contribution is 2.34. The van der Waals surface area contributed by atoms with Crippen molar-refractivity contribution in [2.75, 3.05) is 18.1 Å². The van der Waals surface area contributed by atoms with Gasteiger partial charge in [-0.05, 0) is 43.4 Å². The van der Waals surface area contributed by atoms with Crippen molar-refractivity contribution >= 4 is 32.6 Å². The molecular weight excluding hydrogens is 372 g/mol. The van der Waals surface area contributed by atoms with E-state index in [0.717, 1.165) is 34.8 Å². The van der Waals surface area contributed by atoms with Crippen LogP contribution in [0, 0.1) is 0 Å². The number of benzene rings is 1. The normalized spacial score (nSPS) is 16.9. The monoisotopic (exact) mass is 398 g/mol. The first-order valence-electron chi connectivity index (χ1n) is 9.93. The summed E-state index contributed by atoms with van der Waals surface area (Å²) in [5.41, 5.74) is 2.79. The zero-order chi connectivity index (χ0) is 19.7. The van der Waals surface area contributed by atoms with E-state index in [1.807, 2.05) is 6.92 Å². The van der Waals surface area contributed by atoms with E-state index in [2.05, 4.69) is 37.1 Å². The maximum Gasteiger partial charge on any atom is 0.278 e. The first-order chi connectivity index (χ1) is 13.6. The zero-order valence-electron chi connectivity index (χ0n) is 16.6. The molecule has 2 aromatic heterocycles. The van der Waals surface area contributed by atoms with E-state index in [0.29, 0.717) is 24.7 Å². The summed E-state index contributed by atoms with van der Waals surface area (Å²) in [7, 11) is 0. The number of rotatable bonds is 6. The number of ether oxygens (including phenoxy) is 1. The topological polar surface area (TPSA) is 60.2 Å². The molecule has 1 fully saturated rings. The number of carbonyl (C=O) groups is 1. The third-order valence-corrected chi connectivity index (χ3v) is 6.23.